The Balaban J connectivity index is 2.04. The number of aldehydes is 1. The smallest absolute Gasteiger partial charge is 0.150 e. The van der Waals surface area contributed by atoms with E-state index in [4.69, 9.17) is 0 Å². The molecule has 1 aliphatic rings. The summed E-state index contributed by atoms with van der Waals surface area (Å²) in [5, 5.41) is 9.60. The number of carbonyl (C=O) groups is 1. The maximum atomic E-state index is 10.4. The quantitative estimate of drug-likeness (QED) is 0.741. The molecule has 0 heterocycles. The number of phenolic OH excluding ortho intramolecular Hbond substituents is 1. The molecule has 1 aliphatic carbocycles. The highest BCUT2D eigenvalue weighted by Gasteiger charge is 2.20. The lowest BCUT2D eigenvalue weighted by Crippen LogP contribution is -1.89. The van der Waals surface area contributed by atoms with Gasteiger partial charge in [-0.3, -0.25) is 4.79 Å². The molecule has 0 atom stereocenters. The van der Waals surface area contributed by atoms with Gasteiger partial charge in [0.25, 0.3) is 0 Å². The predicted molar refractivity (Wildman–Crippen MR) is 54.5 cm³/mol. The highest BCUT2D eigenvalue weighted by atomic mass is 16.3. The number of phenols is 1. The Morgan fingerprint density at radius 2 is 2.21 bits per heavy atom. The third-order valence-electron chi connectivity index (χ3n) is 2.76. The summed E-state index contributed by atoms with van der Waals surface area (Å²) in [6.45, 7) is 0. The van der Waals surface area contributed by atoms with E-state index in [1.807, 2.05) is 6.07 Å². The van der Waals surface area contributed by atoms with Crippen molar-refractivity contribution in [3.63, 3.8) is 0 Å². The number of rotatable bonds is 4. The molecule has 2 nitrogen and oxygen atoms in total. The van der Waals surface area contributed by atoms with E-state index < -0.39 is 0 Å². The zero-order valence-corrected chi connectivity index (χ0v) is 8.07. The topological polar surface area (TPSA) is 37.3 Å². The molecule has 0 bridgehead atoms. The minimum atomic E-state index is 0.259. The summed E-state index contributed by atoms with van der Waals surface area (Å²) in [6, 6.07) is 5.14. The molecule has 1 fully saturated rings. The number of aryl methyl sites for hydroxylation is 1. The first-order chi connectivity index (χ1) is 6.79. The van der Waals surface area contributed by atoms with Crippen molar-refractivity contribution >= 4 is 6.29 Å². The van der Waals surface area contributed by atoms with Gasteiger partial charge in [-0.25, -0.2) is 0 Å². The van der Waals surface area contributed by atoms with Gasteiger partial charge in [-0.05, 0) is 30.4 Å². The Labute approximate surface area is 83.6 Å². The van der Waals surface area contributed by atoms with Gasteiger partial charge in [-0.2, -0.15) is 0 Å². The summed E-state index contributed by atoms with van der Waals surface area (Å²) in [5.74, 6) is 1.13. The molecule has 0 saturated heterocycles. The molecule has 74 valence electrons. The fourth-order valence-electron chi connectivity index (χ4n) is 1.63. The predicted octanol–water partition coefficient (Wildman–Crippen LogP) is 2.55. The van der Waals surface area contributed by atoms with Crippen LogP contribution < -0.4 is 0 Å². The molecule has 0 radical (unpaired) electrons. The third-order valence-corrected chi connectivity index (χ3v) is 2.76. The summed E-state index contributed by atoms with van der Waals surface area (Å²) in [5.41, 5.74) is 1.50. The molecule has 2 heteroatoms. The molecule has 0 spiro atoms. The molecular formula is C12H14O2. The van der Waals surface area contributed by atoms with Crippen LogP contribution in [-0.2, 0) is 6.42 Å². The van der Waals surface area contributed by atoms with Crippen LogP contribution in [0, 0.1) is 5.92 Å². The third kappa shape index (κ3) is 2.13. The molecule has 1 aromatic rings. The van der Waals surface area contributed by atoms with Gasteiger partial charge >= 0.3 is 0 Å². The van der Waals surface area contributed by atoms with Crippen molar-refractivity contribution in [3.8, 4) is 5.75 Å². The van der Waals surface area contributed by atoms with Crippen molar-refractivity contribution in [3.05, 3.63) is 29.3 Å². The molecule has 0 aliphatic heterocycles. The minimum absolute atomic E-state index is 0.259. The van der Waals surface area contributed by atoms with Gasteiger partial charge in [-0.15, -0.1) is 0 Å². The highest BCUT2D eigenvalue weighted by molar-refractivity contribution is 5.75. The van der Waals surface area contributed by atoms with Crippen LogP contribution in [0.2, 0.25) is 0 Å². The van der Waals surface area contributed by atoms with Crippen molar-refractivity contribution in [2.45, 2.75) is 25.7 Å². The van der Waals surface area contributed by atoms with E-state index in [0.717, 1.165) is 30.6 Å². The summed E-state index contributed by atoms with van der Waals surface area (Å²) >= 11 is 0. The van der Waals surface area contributed by atoms with E-state index in [9.17, 15) is 9.90 Å². The van der Waals surface area contributed by atoms with Gasteiger partial charge < -0.3 is 5.11 Å². The second kappa shape index (κ2) is 3.82. The van der Waals surface area contributed by atoms with Crippen LogP contribution in [0.4, 0.5) is 0 Å². The standard InChI is InChI=1S/C12H14O2/c13-8-10-4-6-11(12(14)7-10)5-3-9-1-2-9/h4,6-9,14H,1-3,5H2. The lowest BCUT2D eigenvalue weighted by molar-refractivity contribution is 0.112. The van der Waals surface area contributed by atoms with Gasteiger partial charge in [0.1, 0.15) is 12.0 Å². The lowest BCUT2D eigenvalue weighted by Gasteiger charge is -2.03. The number of carbonyl (C=O) groups excluding carboxylic acids is 1. The van der Waals surface area contributed by atoms with Gasteiger partial charge in [0.2, 0.25) is 0 Å². The maximum Gasteiger partial charge on any atom is 0.150 e. The Hall–Kier alpha value is -1.31. The SMILES string of the molecule is O=Cc1ccc(CCC2CC2)c(O)c1. The Morgan fingerprint density at radius 1 is 1.43 bits per heavy atom. The molecule has 0 unspecified atom stereocenters. The lowest BCUT2D eigenvalue weighted by atomic mass is 10.0. The summed E-state index contributed by atoms with van der Waals surface area (Å²) in [7, 11) is 0. The zero-order chi connectivity index (χ0) is 9.97. The van der Waals surface area contributed by atoms with Crippen LogP contribution in [0.25, 0.3) is 0 Å². The Morgan fingerprint density at radius 3 is 2.79 bits per heavy atom. The van der Waals surface area contributed by atoms with Crippen molar-refractivity contribution in [1.29, 1.82) is 0 Å². The van der Waals surface area contributed by atoms with E-state index in [0.29, 0.717) is 5.56 Å². The number of aromatic hydroxyl groups is 1. The second-order valence-corrected chi connectivity index (χ2v) is 3.99. The average Bonchev–Trinajstić information content (AvgIpc) is 2.99. The first-order valence-electron chi connectivity index (χ1n) is 5.06. The minimum Gasteiger partial charge on any atom is -0.508 e. The maximum absolute atomic E-state index is 10.4. The number of benzene rings is 1. The van der Waals surface area contributed by atoms with E-state index in [-0.39, 0.29) is 5.75 Å². The molecular weight excluding hydrogens is 176 g/mol. The van der Waals surface area contributed by atoms with Gasteiger partial charge in [-0.1, -0.05) is 25.0 Å². The van der Waals surface area contributed by atoms with Crippen molar-refractivity contribution in [2.75, 3.05) is 0 Å². The van der Waals surface area contributed by atoms with Crippen LogP contribution in [0.15, 0.2) is 18.2 Å². The van der Waals surface area contributed by atoms with Crippen LogP contribution in [0.1, 0.15) is 35.2 Å². The first kappa shape index (κ1) is 9.25. The summed E-state index contributed by atoms with van der Waals surface area (Å²) in [6.07, 6.45) is 5.52. The largest absolute Gasteiger partial charge is 0.508 e. The molecule has 1 aromatic carbocycles. The van der Waals surface area contributed by atoms with Gasteiger partial charge in [0.15, 0.2) is 0 Å². The van der Waals surface area contributed by atoms with E-state index in [1.165, 1.54) is 18.9 Å². The molecule has 14 heavy (non-hydrogen) atoms. The molecule has 1 saturated carbocycles. The average molecular weight is 190 g/mol. The number of hydrogen-bond donors (Lipinski definition) is 1. The normalized spacial score (nSPS) is 15.4. The van der Waals surface area contributed by atoms with Crippen molar-refractivity contribution in [2.24, 2.45) is 5.92 Å². The Kier molecular flexibility index (Phi) is 2.53. The summed E-state index contributed by atoms with van der Waals surface area (Å²) in [4.78, 5) is 10.4. The van der Waals surface area contributed by atoms with Gasteiger partial charge in [0.05, 0.1) is 0 Å². The molecule has 2 rings (SSSR count). The fraction of sp³-hybridized carbons (Fsp3) is 0.417. The molecule has 1 N–H and O–H groups in total. The van der Waals surface area contributed by atoms with E-state index >= 15 is 0 Å². The molecule has 0 amide bonds. The molecule has 0 aromatic heterocycles. The van der Waals surface area contributed by atoms with Crippen LogP contribution in [-0.4, -0.2) is 11.4 Å². The van der Waals surface area contributed by atoms with E-state index in [1.54, 1.807) is 6.07 Å². The first-order valence-corrected chi connectivity index (χ1v) is 5.06. The van der Waals surface area contributed by atoms with Crippen LogP contribution >= 0.6 is 0 Å². The fourth-order valence-corrected chi connectivity index (χ4v) is 1.63. The Bertz CT molecular complexity index is 340. The highest BCUT2D eigenvalue weighted by Crippen LogP contribution is 2.34. The zero-order valence-electron chi connectivity index (χ0n) is 8.07. The summed E-state index contributed by atoms with van der Waals surface area (Å²) < 4.78 is 0. The van der Waals surface area contributed by atoms with Crippen LogP contribution in [0.3, 0.4) is 0 Å². The number of hydrogen-bond acceptors (Lipinski definition) is 2. The van der Waals surface area contributed by atoms with E-state index in [2.05, 4.69) is 0 Å². The van der Waals surface area contributed by atoms with Crippen LogP contribution in [0.5, 0.6) is 5.75 Å². The van der Waals surface area contributed by atoms with Crippen molar-refractivity contribution in [1.82, 2.24) is 0 Å². The monoisotopic (exact) mass is 190 g/mol. The second-order valence-electron chi connectivity index (χ2n) is 3.99. The van der Waals surface area contributed by atoms with Crippen molar-refractivity contribution < 1.29 is 9.90 Å². The van der Waals surface area contributed by atoms with Gasteiger partial charge in [0, 0.05) is 5.56 Å².